The van der Waals surface area contributed by atoms with Crippen LogP contribution in [0.3, 0.4) is 0 Å². The van der Waals surface area contributed by atoms with E-state index in [4.69, 9.17) is 4.74 Å². The number of piperazine rings is 1. The highest BCUT2D eigenvalue weighted by molar-refractivity contribution is 5.73. The zero-order valence-electron chi connectivity index (χ0n) is 11.7. The minimum absolute atomic E-state index is 0.170. The monoisotopic (exact) mass is 262 g/mol. The zero-order chi connectivity index (χ0) is 13.7. The molecule has 1 aromatic rings. The van der Waals surface area contributed by atoms with Crippen LogP contribution in [0.4, 0.5) is 0 Å². The van der Waals surface area contributed by atoms with E-state index in [2.05, 4.69) is 11.4 Å². The van der Waals surface area contributed by atoms with Gasteiger partial charge in [-0.25, -0.2) is 0 Å². The van der Waals surface area contributed by atoms with Crippen molar-refractivity contribution in [2.24, 2.45) is 0 Å². The number of carbonyl (C=O) groups excluding carboxylic acids is 1. The third-order valence-corrected chi connectivity index (χ3v) is 3.66. The molecule has 0 saturated carbocycles. The number of nitrogens with one attached hydrogen (secondary N) is 1. The molecule has 1 aliphatic heterocycles. The molecule has 0 aromatic heterocycles. The number of ether oxygens (including phenoxy) is 1. The van der Waals surface area contributed by atoms with Crippen molar-refractivity contribution in [3.05, 3.63) is 29.8 Å². The summed E-state index contributed by atoms with van der Waals surface area (Å²) >= 11 is 0. The van der Waals surface area contributed by atoms with Gasteiger partial charge in [0, 0.05) is 32.6 Å². The molecule has 1 heterocycles. The van der Waals surface area contributed by atoms with Crippen LogP contribution in [0.1, 0.15) is 18.9 Å². The summed E-state index contributed by atoms with van der Waals surface area (Å²) in [6, 6.07) is 8.49. The number of hydrogen-bond donors (Lipinski definition) is 1. The van der Waals surface area contributed by atoms with Gasteiger partial charge in [-0.3, -0.25) is 4.79 Å². The molecule has 4 nitrogen and oxygen atoms in total. The molecule has 0 aliphatic carbocycles. The summed E-state index contributed by atoms with van der Waals surface area (Å²) < 4.78 is 5.36. The minimum Gasteiger partial charge on any atom is -0.496 e. The van der Waals surface area contributed by atoms with Crippen molar-refractivity contribution < 1.29 is 9.53 Å². The summed E-state index contributed by atoms with van der Waals surface area (Å²) in [7, 11) is 1.70. The standard InChI is InChI=1S/C15H22N2O2/c1-12(18)17-10-9-16-14(11-17)8-7-13-5-3-4-6-15(13)19-2/h3-6,14,16H,7-11H2,1-2H3. The van der Waals surface area contributed by atoms with Gasteiger partial charge in [0.1, 0.15) is 5.75 Å². The topological polar surface area (TPSA) is 41.6 Å². The van der Waals surface area contributed by atoms with Crippen molar-refractivity contribution in [3.8, 4) is 5.75 Å². The zero-order valence-corrected chi connectivity index (χ0v) is 11.7. The number of para-hydroxylation sites is 1. The smallest absolute Gasteiger partial charge is 0.219 e. The molecule has 1 fully saturated rings. The van der Waals surface area contributed by atoms with Gasteiger partial charge in [0.2, 0.25) is 5.91 Å². The highest BCUT2D eigenvalue weighted by Crippen LogP contribution is 2.20. The van der Waals surface area contributed by atoms with E-state index in [1.165, 1.54) is 5.56 Å². The predicted molar refractivity (Wildman–Crippen MR) is 75.4 cm³/mol. The SMILES string of the molecule is COc1ccccc1CCC1CN(C(C)=O)CCN1. The molecular formula is C15H22N2O2. The molecule has 1 unspecified atom stereocenters. The first kappa shape index (κ1) is 13.9. The highest BCUT2D eigenvalue weighted by atomic mass is 16.5. The van der Waals surface area contributed by atoms with E-state index in [-0.39, 0.29) is 5.91 Å². The first-order valence-corrected chi connectivity index (χ1v) is 6.81. The van der Waals surface area contributed by atoms with Gasteiger partial charge in [-0.1, -0.05) is 18.2 Å². The maximum Gasteiger partial charge on any atom is 0.219 e. The molecule has 1 atom stereocenters. The first-order valence-electron chi connectivity index (χ1n) is 6.81. The van der Waals surface area contributed by atoms with Gasteiger partial charge in [-0.05, 0) is 24.5 Å². The van der Waals surface area contributed by atoms with Crippen LogP contribution in [-0.4, -0.2) is 43.6 Å². The molecule has 1 aliphatic rings. The van der Waals surface area contributed by atoms with Crippen LogP contribution in [-0.2, 0) is 11.2 Å². The van der Waals surface area contributed by atoms with Gasteiger partial charge < -0.3 is 15.0 Å². The van der Waals surface area contributed by atoms with Crippen molar-refractivity contribution in [1.29, 1.82) is 0 Å². The number of carbonyl (C=O) groups is 1. The fourth-order valence-corrected chi connectivity index (χ4v) is 2.54. The maximum absolute atomic E-state index is 11.4. The van der Waals surface area contributed by atoms with E-state index in [1.807, 2.05) is 23.1 Å². The van der Waals surface area contributed by atoms with Crippen LogP contribution >= 0.6 is 0 Å². The quantitative estimate of drug-likeness (QED) is 0.893. The third-order valence-electron chi connectivity index (χ3n) is 3.66. The van der Waals surface area contributed by atoms with Gasteiger partial charge >= 0.3 is 0 Å². The van der Waals surface area contributed by atoms with Crippen LogP contribution in [0.15, 0.2) is 24.3 Å². The molecule has 1 amide bonds. The molecule has 1 aromatic carbocycles. The van der Waals surface area contributed by atoms with Gasteiger partial charge in [0.25, 0.3) is 0 Å². The second-order valence-electron chi connectivity index (χ2n) is 4.97. The largest absolute Gasteiger partial charge is 0.496 e. The molecule has 2 rings (SSSR count). The Balaban J connectivity index is 1.89. The molecule has 0 spiro atoms. The molecule has 1 N–H and O–H groups in total. The average molecular weight is 262 g/mol. The number of hydrogen-bond acceptors (Lipinski definition) is 3. The van der Waals surface area contributed by atoms with Gasteiger partial charge in [0.05, 0.1) is 7.11 Å². The Morgan fingerprint density at radius 3 is 3.00 bits per heavy atom. The lowest BCUT2D eigenvalue weighted by Gasteiger charge is -2.33. The number of amides is 1. The summed E-state index contributed by atoms with van der Waals surface area (Å²) in [5, 5.41) is 3.48. The lowest BCUT2D eigenvalue weighted by Crippen LogP contribution is -2.52. The predicted octanol–water partition coefficient (Wildman–Crippen LogP) is 1.45. The highest BCUT2D eigenvalue weighted by Gasteiger charge is 2.20. The Hall–Kier alpha value is -1.55. The van der Waals surface area contributed by atoms with Crippen LogP contribution in [0, 0.1) is 0 Å². The Morgan fingerprint density at radius 1 is 1.47 bits per heavy atom. The lowest BCUT2D eigenvalue weighted by atomic mass is 10.0. The Kier molecular flexibility index (Phi) is 4.80. The van der Waals surface area contributed by atoms with Crippen molar-refractivity contribution in [2.45, 2.75) is 25.8 Å². The van der Waals surface area contributed by atoms with Crippen LogP contribution in [0.5, 0.6) is 5.75 Å². The summed E-state index contributed by atoms with van der Waals surface area (Å²) in [4.78, 5) is 13.3. The number of rotatable bonds is 4. The van der Waals surface area contributed by atoms with Gasteiger partial charge in [0.15, 0.2) is 0 Å². The van der Waals surface area contributed by atoms with Crippen LogP contribution < -0.4 is 10.1 Å². The molecule has 19 heavy (non-hydrogen) atoms. The van der Waals surface area contributed by atoms with Crippen molar-refractivity contribution in [2.75, 3.05) is 26.7 Å². The minimum atomic E-state index is 0.170. The summed E-state index contributed by atoms with van der Waals surface area (Å²) in [6.07, 6.45) is 1.98. The Labute approximate surface area is 114 Å². The van der Waals surface area contributed by atoms with E-state index in [9.17, 15) is 4.79 Å². The van der Waals surface area contributed by atoms with Gasteiger partial charge in [-0.15, -0.1) is 0 Å². The number of nitrogens with zero attached hydrogens (tertiary/aromatic N) is 1. The van der Waals surface area contributed by atoms with E-state index in [0.29, 0.717) is 6.04 Å². The maximum atomic E-state index is 11.4. The van der Waals surface area contributed by atoms with E-state index < -0.39 is 0 Å². The van der Waals surface area contributed by atoms with Crippen molar-refractivity contribution in [1.82, 2.24) is 10.2 Å². The van der Waals surface area contributed by atoms with E-state index in [1.54, 1.807) is 14.0 Å². The fraction of sp³-hybridized carbons (Fsp3) is 0.533. The molecule has 0 radical (unpaired) electrons. The molecule has 0 bridgehead atoms. The number of methoxy groups -OCH3 is 1. The third kappa shape index (κ3) is 3.70. The lowest BCUT2D eigenvalue weighted by molar-refractivity contribution is -0.130. The van der Waals surface area contributed by atoms with Gasteiger partial charge in [-0.2, -0.15) is 0 Å². The Bertz CT molecular complexity index is 434. The second kappa shape index (κ2) is 6.57. The Morgan fingerprint density at radius 2 is 2.26 bits per heavy atom. The van der Waals surface area contributed by atoms with E-state index >= 15 is 0 Å². The molecule has 4 heteroatoms. The normalized spacial score (nSPS) is 19.3. The molecule has 1 saturated heterocycles. The van der Waals surface area contributed by atoms with Crippen molar-refractivity contribution >= 4 is 5.91 Å². The van der Waals surface area contributed by atoms with Crippen molar-refractivity contribution in [3.63, 3.8) is 0 Å². The number of aryl methyl sites for hydroxylation is 1. The molecular weight excluding hydrogens is 240 g/mol. The first-order chi connectivity index (χ1) is 9.20. The van der Waals surface area contributed by atoms with E-state index in [0.717, 1.165) is 38.2 Å². The van der Waals surface area contributed by atoms with Crippen LogP contribution in [0.2, 0.25) is 0 Å². The second-order valence-corrected chi connectivity index (χ2v) is 4.97. The summed E-state index contributed by atoms with van der Waals surface area (Å²) in [6.45, 7) is 4.16. The average Bonchev–Trinajstić information content (AvgIpc) is 2.45. The van der Waals surface area contributed by atoms with Crippen LogP contribution in [0.25, 0.3) is 0 Å². The summed E-state index contributed by atoms with van der Waals surface area (Å²) in [5.41, 5.74) is 1.23. The summed E-state index contributed by atoms with van der Waals surface area (Å²) in [5.74, 6) is 1.12. The number of benzene rings is 1. The molecule has 104 valence electrons. The fourth-order valence-electron chi connectivity index (χ4n) is 2.54.